The highest BCUT2D eigenvalue weighted by molar-refractivity contribution is 6.32. The van der Waals surface area contributed by atoms with Crippen molar-refractivity contribution in [3.8, 4) is 17.6 Å². The van der Waals surface area contributed by atoms with E-state index in [0.29, 0.717) is 50.1 Å². The summed E-state index contributed by atoms with van der Waals surface area (Å²) in [6, 6.07) is 16.7. The van der Waals surface area contributed by atoms with Gasteiger partial charge in [-0.15, -0.1) is 0 Å². The van der Waals surface area contributed by atoms with E-state index in [4.69, 9.17) is 21.1 Å². The predicted molar refractivity (Wildman–Crippen MR) is 146 cm³/mol. The van der Waals surface area contributed by atoms with E-state index in [0.717, 1.165) is 25.2 Å². The Labute approximate surface area is 224 Å². The standard InChI is InChI=1S/C28H25ClN6O3/c1-17(36)34-25-11-22-24(12-27(25)38-21-7-9-31-15-21)33-14-18(13-30)28(22)35-19-5-6-26(23(29)10-19)37-16-20-4-2-3-8-32-20/h2-6,8,10-12,14,21,31H,7,9,15-16H2,1H3,(H,33,35)(H,34,36). The Morgan fingerprint density at radius 1 is 1.21 bits per heavy atom. The number of hydrogen-bond donors (Lipinski definition) is 3. The Morgan fingerprint density at radius 3 is 2.82 bits per heavy atom. The number of nitrogens with zero attached hydrogens (tertiary/aromatic N) is 3. The van der Waals surface area contributed by atoms with Crippen molar-refractivity contribution in [3.05, 3.63) is 77.2 Å². The lowest BCUT2D eigenvalue weighted by Crippen LogP contribution is -2.20. The number of rotatable bonds is 8. The van der Waals surface area contributed by atoms with E-state index < -0.39 is 0 Å². The number of halogens is 1. The summed E-state index contributed by atoms with van der Waals surface area (Å²) in [4.78, 5) is 20.7. The minimum absolute atomic E-state index is 0.00326. The molecule has 192 valence electrons. The van der Waals surface area contributed by atoms with Crippen molar-refractivity contribution in [2.24, 2.45) is 0 Å². The summed E-state index contributed by atoms with van der Waals surface area (Å²) in [6.45, 7) is 3.33. The minimum atomic E-state index is -0.231. The van der Waals surface area contributed by atoms with Gasteiger partial charge in [0.1, 0.15) is 30.3 Å². The maximum absolute atomic E-state index is 12.0. The highest BCUT2D eigenvalue weighted by Crippen LogP contribution is 2.38. The van der Waals surface area contributed by atoms with E-state index in [1.807, 2.05) is 24.3 Å². The first-order chi connectivity index (χ1) is 18.5. The molecule has 1 aliphatic heterocycles. The Hall–Kier alpha value is -4.39. The van der Waals surface area contributed by atoms with Gasteiger partial charge in [0.25, 0.3) is 0 Å². The number of amides is 1. The van der Waals surface area contributed by atoms with Crippen LogP contribution < -0.4 is 25.4 Å². The van der Waals surface area contributed by atoms with Gasteiger partial charge in [0.2, 0.25) is 5.91 Å². The average Bonchev–Trinajstić information content (AvgIpc) is 3.42. The highest BCUT2D eigenvalue weighted by Gasteiger charge is 2.20. The molecule has 1 fully saturated rings. The summed E-state index contributed by atoms with van der Waals surface area (Å²) in [7, 11) is 0. The third-order valence-electron chi connectivity index (χ3n) is 6.01. The molecular weight excluding hydrogens is 504 g/mol. The van der Waals surface area contributed by atoms with Crippen LogP contribution in [0.15, 0.2) is 60.9 Å². The van der Waals surface area contributed by atoms with Gasteiger partial charge in [0.15, 0.2) is 0 Å². The largest absolute Gasteiger partial charge is 0.487 e. The van der Waals surface area contributed by atoms with Gasteiger partial charge in [-0.1, -0.05) is 17.7 Å². The number of carbonyl (C=O) groups is 1. The number of nitriles is 1. The normalized spacial score (nSPS) is 14.6. The second kappa shape index (κ2) is 11.3. The summed E-state index contributed by atoms with van der Waals surface area (Å²) in [6.07, 6.45) is 4.08. The van der Waals surface area contributed by atoms with Crippen LogP contribution in [0.4, 0.5) is 17.1 Å². The first-order valence-corrected chi connectivity index (χ1v) is 12.5. The quantitative estimate of drug-likeness (QED) is 0.286. The fourth-order valence-electron chi connectivity index (χ4n) is 4.21. The van der Waals surface area contributed by atoms with Crippen LogP contribution in [0, 0.1) is 11.3 Å². The molecule has 2 aromatic carbocycles. The summed E-state index contributed by atoms with van der Waals surface area (Å²) >= 11 is 6.51. The molecule has 0 saturated carbocycles. The monoisotopic (exact) mass is 528 g/mol. The van der Waals surface area contributed by atoms with Crippen LogP contribution in [-0.2, 0) is 11.4 Å². The highest BCUT2D eigenvalue weighted by atomic mass is 35.5. The minimum Gasteiger partial charge on any atom is -0.487 e. The number of carbonyl (C=O) groups excluding carboxylic acids is 1. The van der Waals surface area contributed by atoms with Gasteiger partial charge in [0, 0.05) is 43.0 Å². The van der Waals surface area contributed by atoms with Gasteiger partial charge in [0.05, 0.1) is 33.2 Å². The molecule has 5 rings (SSSR count). The maximum Gasteiger partial charge on any atom is 0.221 e. The van der Waals surface area contributed by atoms with Crippen molar-refractivity contribution in [1.82, 2.24) is 15.3 Å². The van der Waals surface area contributed by atoms with E-state index in [2.05, 4.69) is 32.0 Å². The topological polar surface area (TPSA) is 121 Å². The second-order valence-electron chi connectivity index (χ2n) is 8.82. The first kappa shape index (κ1) is 25.3. The Bertz CT molecular complexity index is 1520. The van der Waals surface area contributed by atoms with Crippen molar-refractivity contribution < 1.29 is 14.3 Å². The number of ether oxygens (including phenoxy) is 2. The molecule has 1 unspecified atom stereocenters. The smallest absolute Gasteiger partial charge is 0.221 e. The number of fused-ring (bicyclic) bond motifs is 1. The lowest BCUT2D eigenvalue weighted by atomic mass is 10.1. The lowest BCUT2D eigenvalue weighted by molar-refractivity contribution is -0.114. The molecule has 2 aromatic heterocycles. The second-order valence-corrected chi connectivity index (χ2v) is 9.23. The Kier molecular flexibility index (Phi) is 7.54. The molecule has 0 spiro atoms. The molecule has 1 aliphatic rings. The molecule has 3 heterocycles. The molecular formula is C28H25ClN6O3. The third-order valence-corrected chi connectivity index (χ3v) is 6.31. The van der Waals surface area contributed by atoms with Crippen molar-refractivity contribution in [3.63, 3.8) is 0 Å². The van der Waals surface area contributed by atoms with Crippen LogP contribution in [0.2, 0.25) is 5.02 Å². The van der Waals surface area contributed by atoms with Crippen molar-refractivity contribution in [1.29, 1.82) is 5.26 Å². The molecule has 1 amide bonds. The number of benzene rings is 2. The van der Waals surface area contributed by atoms with E-state index in [9.17, 15) is 10.1 Å². The third kappa shape index (κ3) is 5.78. The number of anilines is 3. The molecule has 1 atom stereocenters. The van der Waals surface area contributed by atoms with E-state index >= 15 is 0 Å². The molecule has 9 nitrogen and oxygen atoms in total. The van der Waals surface area contributed by atoms with Crippen molar-refractivity contribution in [2.45, 2.75) is 26.1 Å². The Morgan fingerprint density at radius 2 is 2.11 bits per heavy atom. The van der Waals surface area contributed by atoms with Gasteiger partial charge >= 0.3 is 0 Å². The van der Waals surface area contributed by atoms with Gasteiger partial charge in [-0.2, -0.15) is 5.26 Å². The molecule has 0 bridgehead atoms. The molecule has 0 radical (unpaired) electrons. The van der Waals surface area contributed by atoms with Crippen LogP contribution in [0.1, 0.15) is 24.6 Å². The van der Waals surface area contributed by atoms with E-state index in [1.165, 1.54) is 13.1 Å². The van der Waals surface area contributed by atoms with Crippen LogP contribution in [0.5, 0.6) is 11.5 Å². The summed E-state index contributed by atoms with van der Waals surface area (Å²) < 4.78 is 12.0. The molecule has 38 heavy (non-hydrogen) atoms. The summed E-state index contributed by atoms with van der Waals surface area (Å²) in [5.74, 6) is 0.812. The number of aromatic nitrogens is 2. The number of hydrogen-bond acceptors (Lipinski definition) is 8. The zero-order valence-corrected chi connectivity index (χ0v) is 21.4. The molecule has 0 aliphatic carbocycles. The zero-order chi connectivity index (χ0) is 26.5. The number of pyridine rings is 2. The van der Waals surface area contributed by atoms with E-state index in [-0.39, 0.29) is 18.6 Å². The van der Waals surface area contributed by atoms with Gasteiger partial charge in [-0.3, -0.25) is 14.8 Å². The van der Waals surface area contributed by atoms with Crippen LogP contribution in [0.25, 0.3) is 10.9 Å². The van der Waals surface area contributed by atoms with Crippen molar-refractivity contribution >= 4 is 45.5 Å². The average molecular weight is 529 g/mol. The SMILES string of the molecule is CC(=O)Nc1cc2c(Nc3ccc(OCc4ccccn4)c(Cl)c3)c(C#N)cnc2cc1OC1CCNC1. The van der Waals surface area contributed by atoms with Gasteiger partial charge < -0.3 is 25.4 Å². The van der Waals surface area contributed by atoms with Gasteiger partial charge in [-0.05, 0) is 49.4 Å². The molecule has 10 heteroatoms. The number of nitrogens with one attached hydrogen (secondary N) is 3. The van der Waals surface area contributed by atoms with Gasteiger partial charge in [-0.25, -0.2) is 0 Å². The molecule has 3 N–H and O–H groups in total. The van der Waals surface area contributed by atoms with Crippen LogP contribution >= 0.6 is 11.6 Å². The first-order valence-electron chi connectivity index (χ1n) is 12.1. The molecule has 4 aromatic rings. The van der Waals surface area contributed by atoms with Crippen molar-refractivity contribution in [2.75, 3.05) is 23.7 Å². The summed E-state index contributed by atoms with van der Waals surface area (Å²) in [5, 5.41) is 20.3. The van der Waals surface area contributed by atoms with E-state index in [1.54, 1.807) is 30.5 Å². The lowest BCUT2D eigenvalue weighted by Gasteiger charge is -2.19. The fraction of sp³-hybridized carbons (Fsp3) is 0.214. The predicted octanol–water partition coefficient (Wildman–Crippen LogP) is 5.18. The van der Waals surface area contributed by atoms with Crippen LogP contribution in [0.3, 0.4) is 0 Å². The van der Waals surface area contributed by atoms with Crippen LogP contribution in [-0.4, -0.2) is 35.1 Å². The zero-order valence-electron chi connectivity index (χ0n) is 20.6. The summed E-state index contributed by atoms with van der Waals surface area (Å²) in [5.41, 5.74) is 3.44. The fourth-order valence-corrected chi connectivity index (χ4v) is 4.44. The Balaban J connectivity index is 1.46. The molecule has 1 saturated heterocycles. The maximum atomic E-state index is 12.0.